The number of carbonyl (C=O) groups excluding carboxylic acids is 2. The minimum Gasteiger partial charge on any atom is -0.502 e. The molecule has 0 fully saturated rings. The van der Waals surface area contributed by atoms with Crippen molar-refractivity contribution in [3.8, 4) is 17.2 Å². The summed E-state index contributed by atoms with van der Waals surface area (Å²) in [5.41, 5.74) is 0.577. The summed E-state index contributed by atoms with van der Waals surface area (Å²) in [6.45, 7) is 6.00. The lowest BCUT2D eigenvalue weighted by Gasteiger charge is -2.12. The molecule has 0 atom stereocenters. The fourth-order valence-electron chi connectivity index (χ4n) is 1.41. The van der Waals surface area contributed by atoms with Gasteiger partial charge in [0.2, 0.25) is 5.75 Å². The van der Waals surface area contributed by atoms with Crippen molar-refractivity contribution in [2.75, 3.05) is 0 Å². The number of aromatic hydroxyl groups is 1. The molecule has 0 aliphatic rings. The molecule has 0 amide bonds. The van der Waals surface area contributed by atoms with Gasteiger partial charge in [0, 0.05) is 19.4 Å². The molecule has 0 aromatic heterocycles. The highest BCUT2D eigenvalue weighted by Crippen LogP contribution is 2.39. The number of ether oxygens (including phenoxy) is 2. The molecule has 96 valence electrons. The Hall–Kier alpha value is -2.30. The van der Waals surface area contributed by atoms with Crippen LogP contribution in [0.25, 0.3) is 0 Å². The van der Waals surface area contributed by atoms with Gasteiger partial charge in [0.25, 0.3) is 0 Å². The minimum absolute atomic E-state index is 0.0128. The number of hydrogen-bond acceptors (Lipinski definition) is 5. The molecule has 0 saturated carbocycles. The maximum Gasteiger partial charge on any atom is 0.308 e. The van der Waals surface area contributed by atoms with Crippen molar-refractivity contribution >= 4 is 11.9 Å². The number of hydrogen-bond donors (Lipinski definition) is 1. The van der Waals surface area contributed by atoms with Gasteiger partial charge in [0.05, 0.1) is 0 Å². The minimum atomic E-state index is -0.574. The van der Waals surface area contributed by atoms with Crippen molar-refractivity contribution in [3.05, 3.63) is 30.4 Å². The summed E-state index contributed by atoms with van der Waals surface area (Å²) in [6, 6.07) is 3.03. The topological polar surface area (TPSA) is 72.8 Å². The molecule has 0 spiro atoms. The van der Waals surface area contributed by atoms with Crippen LogP contribution in [0.15, 0.2) is 24.8 Å². The Bertz CT molecular complexity index is 490. The lowest BCUT2D eigenvalue weighted by atomic mass is 10.1. The highest BCUT2D eigenvalue weighted by atomic mass is 16.6. The van der Waals surface area contributed by atoms with Crippen LogP contribution < -0.4 is 9.47 Å². The summed E-state index contributed by atoms with van der Waals surface area (Å²) >= 11 is 0. The summed E-state index contributed by atoms with van der Waals surface area (Å²) in [7, 11) is 0. The van der Waals surface area contributed by atoms with E-state index in [0.717, 1.165) is 0 Å². The Morgan fingerprint density at radius 3 is 2.39 bits per heavy atom. The van der Waals surface area contributed by atoms with Crippen LogP contribution in [0.5, 0.6) is 17.2 Å². The van der Waals surface area contributed by atoms with Gasteiger partial charge in [-0.15, -0.1) is 6.58 Å². The van der Waals surface area contributed by atoms with Crippen LogP contribution in [0, 0.1) is 0 Å². The van der Waals surface area contributed by atoms with Gasteiger partial charge in [-0.3, -0.25) is 9.59 Å². The van der Waals surface area contributed by atoms with Gasteiger partial charge < -0.3 is 14.6 Å². The summed E-state index contributed by atoms with van der Waals surface area (Å²) in [6.07, 6.45) is 2.02. The van der Waals surface area contributed by atoms with Crippen LogP contribution in [0.4, 0.5) is 0 Å². The van der Waals surface area contributed by atoms with E-state index in [0.29, 0.717) is 12.0 Å². The van der Waals surface area contributed by atoms with Gasteiger partial charge in [-0.2, -0.15) is 0 Å². The standard InChI is InChI=1S/C13H14O5/c1-4-5-10-6-7-11(17-8(2)14)12(16)13(10)18-9(3)15/h4,6-7,16H,1,5H2,2-3H3. The van der Waals surface area contributed by atoms with Gasteiger partial charge in [-0.1, -0.05) is 12.1 Å². The quantitative estimate of drug-likeness (QED) is 0.502. The van der Waals surface area contributed by atoms with Crippen LogP contribution >= 0.6 is 0 Å². The van der Waals surface area contributed by atoms with E-state index in [1.807, 2.05) is 0 Å². The predicted molar refractivity (Wildman–Crippen MR) is 64.6 cm³/mol. The smallest absolute Gasteiger partial charge is 0.308 e. The molecule has 0 bridgehead atoms. The van der Waals surface area contributed by atoms with Gasteiger partial charge in [0.1, 0.15) is 0 Å². The summed E-state index contributed by atoms with van der Waals surface area (Å²) in [5, 5.41) is 9.91. The second kappa shape index (κ2) is 5.86. The molecule has 0 saturated heterocycles. The molecule has 0 heterocycles. The summed E-state index contributed by atoms with van der Waals surface area (Å²) < 4.78 is 9.72. The summed E-state index contributed by atoms with van der Waals surface area (Å²) in [4.78, 5) is 21.8. The number of allylic oxidation sites excluding steroid dienone is 1. The van der Waals surface area contributed by atoms with Crippen molar-refractivity contribution in [2.45, 2.75) is 20.3 Å². The zero-order valence-electron chi connectivity index (χ0n) is 10.2. The molecule has 1 aromatic rings. The number of rotatable bonds is 4. The molecule has 0 aliphatic carbocycles. The first-order valence-electron chi connectivity index (χ1n) is 5.28. The Balaban J connectivity index is 3.24. The average Bonchev–Trinajstić information content (AvgIpc) is 2.26. The lowest BCUT2D eigenvalue weighted by molar-refractivity contribution is -0.132. The van der Waals surface area contributed by atoms with Crippen molar-refractivity contribution in [1.82, 2.24) is 0 Å². The third kappa shape index (κ3) is 3.35. The Labute approximate surface area is 105 Å². The molecule has 0 unspecified atom stereocenters. The molecule has 0 radical (unpaired) electrons. The Kier molecular flexibility index (Phi) is 4.48. The Morgan fingerprint density at radius 2 is 1.89 bits per heavy atom. The molecule has 0 aliphatic heterocycles. The molecule has 1 N–H and O–H groups in total. The lowest BCUT2D eigenvalue weighted by Crippen LogP contribution is -2.06. The highest BCUT2D eigenvalue weighted by Gasteiger charge is 2.17. The van der Waals surface area contributed by atoms with E-state index in [9.17, 15) is 14.7 Å². The normalized spacial score (nSPS) is 9.67. The van der Waals surface area contributed by atoms with E-state index < -0.39 is 11.9 Å². The van der Waals surface area contributed by atoms with Gasteiger partial charge in [-0.25, -0.2) is 0 Å². The van der Waals surface area contributed by atoms with Crippen LogP contribution in [0.2, 0.25) is 0 Å². The van der Waals surface area contributed by atoms with Crippen molar-refractivity contribution in [3.63, 3.8) is 0 Å². The molecular weight excluding hydrogens is 236 g/mol. The van der Waals surface area contributed by atoms with Crippen LogP contribution in [0.3, 0.4) is 0 Å². The van der Waals surface area contributed by atoms with Crippen molar-refractivity contribution in [1.29, 1.82) is 0 Å². The molecule has 5 heteroatoms. The van der Waals surface area contributed by atoms with Crippen LogP contribution in [-0.2, 0) is 16.0 Å². The monoisotopic (exact) mass is 250 g/mol. The first-order valence-corrected chi connectivity index (χ1v) is 5.28. The van der Waals surface area contributed by atoms with E-state index >= 15 is 0 Å². The number of carbonyl (C=O) groups is 2. The molecule has 1 aromatic carbocycles. The van der Waals surface area contributed by atoms with Gasteiger partial charge in [-0.05, 0) is 12.5 Å². The number of phenolic OH excluding ortho intramolecular Hbond substituents is 1. The van der Waals surface area contributed by atoms with Crippen LogP contribution in [-0.4, -0.2) is 17.0 Å². The molecule has 1 rings (SSSR count). The SMILES string of the molecule is C=CCc1ccc(OC(C)=O)c(O)c1OC(C)=O. The third-order valence-electron chi connectivity index (χ3n) is 2.04. The molecule has 18 heavy (non-hydrogen) atoms. The van der Waals surface area contributed by atoms with E-state index in [1.54, 1.807) is 12.1 Å². The maximum absolute atomic E-state index is 11.0. The average molecular weight is 250 g/mol. The first kappa shape index (κ1) is 13.8. The predicted octanol–water partition coefficient (Wildman–Crippen LogP) is 1.97. The molecular formula is C13H14O5. The van der Waals surface area contributed by atoms with E-state index in [2.05, 4.69) is 6.58 Å². The van der Waals surface area contributed by atoms with E-state index in [4.69, 9.17) is 9.47 Å². The fourth-order valence-corrected chi connectivity index (χ4v) is 1.41. The van der Waals surface area contributed by atoms with Crippen molar-refractivity contribution in [2.24, 2.45) is 0 Å². The first-order chi connectivity index (χ1) is 8.45. The Morgan fingerprint density at radius 1 is 1.28 bits per heavy atom. The zero-order valence-corrected chi connectivity index (χ0v) is 10.2. The number of phenols is 1. The second-order valence-electron chi connectivity index (χ2n) is 3.58. The largest absolute Gasteiger partial charge is 0.502 e. The van der Waals surface area contributed by atoms with Crippen LogP contribution in [0.1, 0.15) is 19.4 Å². The summed E-state index contributed by atoms with van der Waals surface area (Å²) in [5.74, 6) is -1.58. The fraction of sp³-hybridized carbons (Fsp3) is 0.231. The number of benzene rings is 1. The van der Waals surface area contributed by atoms with Gasteiger partial charge in [0.15, 0.2) is 11.5 Å². The highest BCUT2D eigenvalue weighted by molar-refractivity contribution is 5.74. The zero-order chi connectivity index (χ0) is 13.7. The van der Waals surface area contributed by atoms with Crippen molar-refractivity contribution < 1.29 is 24.2 Å². The number of esters is 2. The van der Waals surface area contributed by atoms with E-state index in [1.165, 1.54) is 19.9 Å². The maximum atomic E-state index is 11.0. The molecule has 5 nitrogen and oxygen atoms in total. The second-order valence-corrected chi connectivity index (χ2v) is 3.58. The van der Waals surface area contributed by atoms with E-state index in [-0.39, 0.29) is 17.2 Å². The third-order valence-corrected chi connectivity index (χ3v) is 2.04. The van der Waals surface area contributed by atoms with Gasteiger partial charge >= 0.3 is 11.9 Å².